The van der Waals surface area contributed by atoms with Crippen molar-refractivity contribution in [2.45, 2.75) is 44.4 Å². The van der Waals surface area contributed by atoms with Gasteiger partial charge < -0.3 is 5.32 Å². The zero-order chi connectivity index (χ0) is 13.2. The molecule has 1 aliphatic carbocycles. The molecule has 1 fully saturated rings. The Morgan fingerprint density at radius 1 is 1.50 bits per heavy atom. The molecule has 102 valence electrons. The fourth-order valence-electron chi connectivity index (χ4n) is 1.64. The molecule has 0 spiro atoms. The molecule has 0 radical (unpaired) electrons. The van der Waals surface area contributed by atoms with Gasteiger partial charge in [0.1, 0.15) is 0 Å². The number of thioether (sulfide) groups is 1. The summed E-state index contributed by atoms with van der Waals surface area (Å²) in [6.07, 6.45) is 4.27. The Bertz CT molecular complexity index is 399. The average Bonchev–Trinajstić information content (AvgIpc) is 3.00. The number of alkyl halides is 3. The second-order valence-electron chi connectivity index (χ2n) is 4.45. The van der Waals surface area contributed by atoms with Crippen LogP contribution in [-0.2, 0) is 13.1 Å². The van der Waals surface area contributed by atoms with Crippen LogP contribution < -0.4 is 5.32 Å². The third kappa shape index (κ3) is 4.53. The highest BCUT2D eigenvalue weighted by Crippen LogP contribution is 2.30. The molecule has 1 aliphatic rings. The van der Waals surface area contributed by atoms with Crippen LogP contribution in [0.1, 0.15) is 24.1 Å². The van der Waals surface area contributed by atoms with Gasteiger partial charge in [0.25, 0.3) is 0 Å². The number of hydrogen-bond donors (Lipinski definition) is 1. The monoisotopic (exact) mass is 279 g/mol. The summed E-state index contributed by atoms with van der Waals surface area (Å²) >= 11 is -0.00469. The molecule has 0 unspecified atom stereocenters. The van der Waals surface area contributed by atoms with E-state index in [1.54, 1.807) is 4.68 Å². The van der Waals surface area contributed by atoms with E-state index in [4.69, 9.17) is 0 Å². The van der Waals surface area contributed by atoms with E-state index in [2.05, 4.69) is 10.4 Å². The van der Waals surface area contributed by atoms with Crippen molar-refractivity contribution in [2.75, 3.05) is 5.75 Å². The average molecular weight is 279 g/mol. The van der Waals surface area contributed by atoms with Gasteiger partial charge in [-0.25, -0.2) is 0 Å². The van der Waals surface area contributed by atoms with Crippen LogP contribution in [-0.4, -0.2) is 27.1 Å². The first-order valence-corrected chi connectivity index (χ1v) is 6.89. The fraction of sp³-hybridized carbons (Fsp3) is 0.727. The van der Waals surface area contributed by atoms with Crippen molar-refractivity contribution in [3.8, 4) is 0 Å². The van der Waals surface area contributed by atoms with Crippen molar-refractivity contribution in [1.82, 2.24) is 15.1 Å². The van der Waals surface area contributed by atoms with Gasteiger partial charge in [-0.2, -0.15) is 18.3 Å². The summed E-state index contributed by atoms with van der Waals surface area (Å²) in [7, 11) is 0. The third-order valence-electron chi connectivity index (χ3n) is 2.79. The molecule has 0 atom stereocenters. The molecule has 3 nitrogen and oxygen atoms in total. The molecular formula is C11H16F3N3S. The maximum absolute atomic E-state index is 12.0. The van der Waals surface area contributed by atoms with Crippen LogP contribution >= 0.6 is 11.8 Å². The predicted molar refractivity (Wildman–Crippen MR) is 65.3 cm³/mol. The molecule has 2 rings (SSSR count). The number of nitrogens with one attached hydrogen (secondary N) is 1. The highest BCUT2D eigenvalue weighted by molar-refractivity contribution is 8.00. The molecule has 18 heavy (non-hydrogen) atoms. The number of aromatic nitrogens is 2. The van der Waals surface area contributed by atoms with E-state index in [9.17, 15) is 13.2 Å². The lowest BCUT2D eigenvalue weighted by Gasteiger charge is -2.05. The van der Waals surface area contributed by atoms with Crippen LogP contribution in [0.2, 0.25) is 0 Å². The summed E-state index contributed by atoms with van der Waals surface area (Å²) in [5.74, 6) is 0.000113. The number of nitrogens with zero attached hydrogens (tertiary/aromatic N) is 2. The van der Waals surface area contributed by atoms with Gasteiger partial charge in [0.15, 0.2) is 0 Å². The Kier molecular flexibility index (Phi) is 4.21. The normalized spacial score (nSPS) is 16.2. The van der Waals surface area contributed by atoms with Gasteiger partial charge in [0.2, 0.25) is 0 Å². The van der Waals surface area contributed by atoms with E-state index in [1.807, 2.05) is 13.1 Å². The Balaban J connectivity index is 1.79. The molecule has 1 N–H and O–H groups in total. The zero-order valence-corrected chi connectivity index (χ0v) is 10.9. The second kappa shape index (κ2) is 5.52. The number of hydrogen-bond acceptors (Lipinski definition) is 3. The molecule has 0 aliphatic heterocycles. The molecular weight excluding hydrogens is 263 g/mol. The van der Waals surface area contributed by atoms with E-state index in [-0.39, 0.29) is 24.1 Å². The summed E-state index contributed by atoms with van der Waals surface area (Å²) in [5, 5.41) is 7.59. The van der Waals surface area contributed by atoms with E-state index in [0.717, 1.165) is 17.8 Å². The SMILES string of the molecule is Cc1nn(CCSC(F)(F)F)cc1CNC1CC1. The molecule has 0 bridgehead atoms. The van der Waals surface area contributed by atoms with E-state index in [1.165, 1.54) is 12.8 Å². The summed E-state index contributed by atoms with van der Waals surface area (Å²) in [4.78, 5) is 0. The number of aryl methyl sites for hydroxylation is 2. The minimum atomic E-state index is -4.15. The van der Waals surface area contributed by atoms with Crippen molar-refractivity contribution < 1.29 is 13.2 Å². The van der Waals surface area contributed by atoms with Gasteiger partial charge in [0.05, 0.1) is 12.2 Å². The molecule has 1 saturated carbocycles. The molecule has 1 aromatic heterocycles. The minimum Gasteiger partial charge on any atom is -0.310 e. The lowest BCUT2D eigenvalue weighted by molar-refractivity contribution is -0.0328. The van der Waals surface area contributed by atoms with Crippen LogP contribution in [0.15, 0.2) is 6.20 Å². The van der Waals surface area contributed by atoms with Crippen molar-refractivity contribution in [1.29, 1.82) is 0 Å². The number of rotatable bonds is 6. The highest BCUT2D eigenvalue weighted by atomic mass is 32.2. The molecule has 0 saturated heterocycles. The van der Waals surface area contributed by atoms with Crippen molar-refractivity contribution in [2.24, 2.45) is 0 Å². The first-order valence-electron chi connectivity index (χ1n) is 5.91. The van der Waals surface area contributed by atoms with Crippen molar-refractivity contribution in [3.63, 3.8) is 0 Å². The standard InChI is InChI=1S/C11H16F3N3S/c1-8-9(6-15-10-2-3-10)7-17(16-8)4-5-18-11(12,13)14/h7,10,15H,2-6H2,1H3. The second-order valence-corrected chi connectivity index (χ2v) is 5.61. The predicted octanol–water partition coefficient (Wildman–Crippen LogP) is 2.70. The lowest BCUT2D eigenvalue weighted by Crippen LogP contribution is -2.15. The van der Waals surface area contributed by atoms with E-state index < -0.39 is 5.51 Å². The van der Waals surface area contributed by atoms with E-state index >= 15 is 0 Å². The third-order valence-corrected chi connectivity index (χ3v) is 3.51. The van der Waals surface area contributed by atoms with Gasteiger partial charge in [-0.3, -0.25) is 4.68 Å². The van der Waals surface area contributed by atoms with Crippen LogP contribution in [0.25, 0.3) is 0 Å². The van der Waals surface area contributed by atoms with Gasteiger partial charge in [-0.1, -0.05) is 0 Å². The molecule has 0 aromatic carbocycles. The van der Waals surface area contributed by atoms with Gasteiger partial charge in [0, 0.05) is 30.1 Å². The van der Waals surface area contributed by atoms with Crippen molar-refractivity contribution in [3.05, 3.63) is 17.5 Å². The summed E-state index contributed by atoms with van der Waals surface area (Å²) in [6.45, 7) is 2.93. The summed E-state index contributed by atoms with van der Waals surface area (Å²) in [5.41, 5.74) is -2.20. The quantitative estimate of drug-likeness (QED) is 0.868. The highest BCUT2D eigenvalue weighted by Gasteiger charge is 2.27. The summed E-state index contributed by atoms with van der Waals surface area (Å²) in [6, 6.07) is 0.619. The van der Waals surface area contributed by atoms with Crippen LogP contribution in [0.5, 0.6) is 0 Å². The first kappa shape index (κ1) is 13.7. The Hall–Kier alpha value is -0.690. The maximum Gasteiger partial charge on any atom is 0.441 e. The molecule has 7 heteroatoms. The number of halogens is 3. The molecule has 1 heterocycles. The smallest absolute Gasteiger partial charge is 0.310 e. The van der Waals surface area contributed by atoms with Crippen LogP contribution in [0.4, 0.5) is 13.2 Å². The molecule has 1 aromatic rings. The van der Waals surface area contributed by atoms with Crippen molar-refractivity contribution >= 4 is 11.8 Å². The van der Waals surface area contributed by atoms with Gasteiger partial charge in [-0.05, 0) is 31.5 Å². The van der Waals surface area contributed by atoms with E-state index in [0.29, 0.717) is 6.04 Å². The summed E-state index contributed by atoms with van der Waals surface area (Å²) < 4.78 is 37.5. The largest absolute Gasteiger partial charge is 0.441 e. The fourth-order valence-corrected chi connectivity index (χ4v) is 2.15. The first-order chi connectivity index (χ1) is 8.44. The Labute approximate surface area is 108 Å². The Morgan fingerprint density at radius 2 is 2.22 bits per heavy atom. The van der Waals surface area contributed by atoms with Gasteiger partial charge in [-0.15, -0.1) is 0 Å². The maximum atomic E-state index is 12.0. The van der Waals surface area contributed by atoms with Gasteiger partial charge >= 0.3 is 5.51 Å². The minimum absolute atomic E-state index is 0.000113. The zero-order valence-electron chi connectivity index (χ0n) is 10.1. The Morgan fingerprint density at radius 3 is 2.83 bits per heavy atom. The molecule has 0 amide bonds. The van der Waals surface area contributed by atoms with Crippen LogP contribution in [0.3, 0.4) is 0 Å². The topological polar surface area (TPSA) is 29.9 Å². The lowest BCUT2D eigenvalue weighted by atomic mass is 10.2. The van der Waals surface area contributed by atoms with Crippen LogP contribution in [0, 0.1) is 6.92 Å².